The molecule has 18 nitrogen and oxygen atoms in total. The van der Waals surface area contributed by atoms with Gasteiger partial charge in [-0.2, -0.15) is 0 Å². The molecule has 65 heavy (non-hydrogen) atoms. The lowest BCUT2D eigenvalue weighted by Crippen LogP contribution is -2.67. The van der Waals surface area contributed by atoms with Crippen molar-refractivity contribution in [1.29, 1.82) is 0 Å². The van der Waals surface area contributed by atoms with Crippen molar-refractivity contribution >= 4 is 5.97 Å². The van der Waals surface area contributed by atoms with Crippen LogP contribution in [0.15, 0.2) is 11.6 Å². The van der Waals surface area contributed by atoms with Crippen LogP contribution in [0.25, 0.3) is 0 Å². The first kappa shape index (κ1) is 50.0. The molecule has 0 aromatic heterocycles. The summed E-state index contributed by atoms with van der Waals surface area (Å²) in [4.78, 5) is 14.9. The lowest BCUT2D eigenvalue weighted by Gasteiger charge is -2.71. The molecule has 3 aliphatic heterocycles. The van der Waals surface area contributed by atoms with Crippen LogP contribution in [0.1, 0.15) is 106 Å². The van der Waals surface area contributed by atoms with E-state index in [4.69, 9.17) is 28.4 Å². The van der Waals surface area contributed by atoms with E-state index < -0.39 is 122 Å². The molecule has 0 unspecified atom stereocenters. The minimum Gasteiger partial charge on any atom is -0.432 e. The summed E-state index contributed by atoms with van der Waals surface area (Å²) in [6.45, 7) is 12.1. The third kappa shape index (κ3) is 7.89. The normalized spacial score (nSPS) is 54.3. The minimum atomic E-state index is -1.81. The van der Waals surface area contributed by atoms with Gasteiger partial charge in [0.15, 0.2) is 12.6 Å². The highest BCUT2D eigenvalue weighted by Crippen LogP contribution is 2.76. The maximum atomic E-state index is 14.9. The molecule has 4 saturated carbocycles. The molecule has 8 rings (SSSR count). The Hall–Kier alpha value is -1.43. The van der Waals surface area contributed by atoms with Crippen LogP contribution in [0, 0.1) is 50.2 Å². The summed E-state index contributed by atoms with van der Waals surface area (Å²) >= 11 is 0. The Morgan fingerprint density at radius 3 is 2.00 bits per heavy atom. The highest BCUT2D eigenvalue weighted by atomic mass is 16.7. The van der Waals surface area contributed by atoms with E-state index in [1.54, 1.807) is 0 Å². The maximum Gasteiger partial charge on any atom is 0.315 e. The Labute approximate surface area is 380 Å². The minimum absolute atomic E-state index is 0.0557. The number of carbonyl (C=O) groups excluding carboxylic acids is 1. The standard InChI is InChI=1S/C47H76O18/c1-42(2)13-15-47(41(59)65-40-37(58)34(55)32(53)26(63-40)20-61-38-36(57)33(54)31(52)25(18-48)62-38)16-14-45(5)22(23(47)17-42)7-8-28-43(3)11-10-29(64-39-35(56)30(51)24(50)19-60-39)44(4,21-49)27(43)9-12-46(28,45)6/h7,23-40,48-58H,8-21H2,1-6H3/t23-,24+,25+,26-,27+,28+,29-,30-,31-,32-,33-,34+,35-,36-,37-,38+,39-,40+,43+,44-,45-,46-,47+/m0/s1. The van der Waals surface area contributed by atoms with Crippen LogP contribution >= 0.6 is 0 Å². The number of aliphatic hydroxyl groups is 11. The molecular weight excluding hydrogens is 852 g/mol. The highest BCUT2D eigenvalue weighted by Gasteiger charge is 2.70. The van der Waals surface area contributed by atoms with Crippen LogP contribution in [0.4, 0.5) is 0 Å². The number of allylic oxidation sites excluding steroid dienone is 2. The second-order valence-corrected chi connectivity index (χ2v) is 22.9. The van der Waals surface area contributed by atoms with E-state index in [0.717, 1.165) is 38.5 Å². The lowest BCUT2D eigenvalue weighted by molar-refractivity contribution is -0.328. The van der Waals surface area contributed by atoms with Gasteiger partial charge in [0.2, 0.25) is 6.29 Å². The second kappa shape index (κ2) is 17.8. The van der Waals surface area contributed by atoms with E-state index in [2.05, 4.69) is 47.6 Å². The van der Waals surface area contributed by atoms with Gasteiger partial charge in [-0.3, -0.25) is 4.79 Å². The molecule has 11 N–H and O–H groups in total. The Bertz CT molecular complexity index is 1760. The second-order valence-electron chi connectivity index (χ2n) is 22.9. The van der Waals surface area contributed by atoms with Crippen LogP contribution < -0.4 is 0 Å². The van der Waals surface area contributed by atoms with Gasteiger partial charge in [0.05, 0.1) is 37.9 Å². The van der Waals surface area contributed by atoms with E-state index in [1.165, 1.54) is 5.57 Å². The van der Waals surface area contributed by atoms with Crippen LogP contribution in [0.3, 0.4) is 0 Å². The smallest absolute Gasteiger partial charge is 0.315 e. The predicted octanol–water partition coefficient (Wildman–Crippen LogP) is -0.248. The van der Waals surface area contributed by atoms with Crippen LogP contribution in [0.2, 0.25) is 0 Å². The van der Waals surface area contributed by atoms with E-state index in [0.29, 0.717) is 25.7 Å². The molecule has 0 radical (unpaired) electrons. The number of hydrogen-bond donors (Lipinski definition) is 11. The van der Waals surface area contributed by atoms with Gasteiger partial charge >= 0.3 is 5.97 Å². The summed E-state index contributed by atoms with van der Waals surface area (Å²) < 4.78 is 35.2. The van der Waals surface area contributed by atoms with E-state index >= 15 is 0 Å². The maximum absolute atomic E-state index is 14.9. The first-order valence-corrected chi connectivity index (χ1v) is 23.9. The zero-order valence-corrected chi connectivity index (χ0v) is 38.6. The number of fused-ring (bicyclic) bond motifs is 7. The fraction of sp³-hybridized carbons (Fsp3) is 0.936. The van der Waals surface area contributed by atoms with Crippen LogP contribution in [-0.4, -0.2) is 181 Å². The van der Waals surface area contributed by atoms with Gasteiger partial charge in [-0.25, -0.2) is 0 Å². The van der Waals surface area contributed by atoms with E-state index in [9.17, 15) is 61.0 Å². The van der Waals surface area contributed by atoms with Crippen molar-refractivity contribution in [3.05, 3.63) is 11.6 Å². The Kier molecular flexibility index (Phi) is 13.7. The Morgan fingerprint density at radius 1 is 0.692 bits per heavy atom. The number of rotatable bonds is 9. The van der Waals surface area contributed by atoms with Gasteiger partial charge < -0.3 is 84.6 Å². The molecule has 0 amide bonds. The molecule has 372 valence electrons. The van der Waals surface area contributed by atoms with Crippen molar-refractivity contribution in [2.24, 2.45) is 50.2 Å². The van der Waals surface area contributed by atoms with E-state index in [1.807, 2.05) is 0 Å². The largest absolute Gasteiger partial charge is 0.432 e. The summed E-state index contributed by atoms with van der Waals surface area (Å²) in [5.41, 5.74) is -1.23. The molecule has 0 aromatic rings. The topological polar surface area (TPSA) is 295 Å². The SMILES string of the molecule is CC1(C)CC[C@@]2(C(=O)O[C@H]3O[C@@H](CO[C@@H]4O[C@H](CO)[C@H](O)[C@H](O)[C@@H]4O)[C@H](O)[C@@H](O)[C@@H]3O)CC[C@@]3(C)C(=CC[C@@H]4[C@]5(C)CC[C@H](O[C@@H]6OC[C@@H](O)[C@H](O)[C@@H]6O)[C@@](C)(CO)[C@@H]5CC[C@@]43C)[C@@H]2C1. The molecule has 18 heteroatoms. The quantitative estimate of drug-likeness (QED) is 0.0808. The molecule has 5 aliphatic carbocycles. The number of aliphatic hydroxyl groups excluding tert-OH is 11. The van der Waals surface area contributed by atoms with Gasteiger partial charge in [0.25, 0.3) is 0 Å². The van der Waals surface area contributed by atoms with Crippen LogP contribution in [-0.2, 0) is 33.2 Å². The number of hydrogen-bond acceptors (Lipinski definition) is 18. The fourth-order valence-corrected chi connectivity index (χ4v) is 14.7. The molecule has 3 saturated heterocycles. The van der Waals surface area contributed by atoms with Crippen molar-refractivity contribution < 1.29 is 89.4 Å². The highest BCUT2D eigenvalue weighted by molar-refractivity contribution is 5.79. The average Bonchev–Trinajstić information content (AvgIpc) is 3.26. The molecule has 7 fully saturated rings. The number of carbonyl (C=O) groups is 1. The van der Waals surface area contributed by atoms with Crippen molar-refractivity contribution in [1.82, 2.24) is 0 Å². The van der Waals surface area contributed by atoms with Gasteiger partial charge in [0, 0.05) is 5.41 Å². The van der Waals surface area contributed by atoms with Crippen LogP contribution in [0.5, 0.6) is 0 Å². The summed E-state index contributed by atoms with van der Waals surface area (Å²) in [6.07, 6.45) is -12.5. The van der Waals surface area contributed by atoms with Crippen molar-refractivity contribution in [2.75, 3.05) is 26.4 Å². The summed E-state index contributed by atoms with van der Waals surface area (Å²) in [5.74, 6) is -0.485. The molecule has 8 aliphatic rings. The van der Waals surface area contributed by atoms with E-state index in [-0.39, 0.29) is 52.6 Å². The third-order valence-electron chi connectivity index (χ3n) is 19.0. The first-order valence-electron chi connectivity index (χ1n) is 23.9. The molecule has 23 atom stereocenters. The summed E-state index contributed by atoms with van der Waals surface area (Å²) in [5, 5.41) is 116. The number of ether oxygens (including phenoxy) is 6. The fourth-order valence-electron chi connectivity index (χ4n) is 14.7. The monoisotopic (exact) mass is 929 g/mol. The zero-order chi connectivity index (χ0) is 47.4. The third-order valence-corrected chi connectivity index (χ3v) is 19.0. The van der Waals surface area contributed by atoms with Gasteiger partial charge in [-0.05, 0) is 104 Å². The van der Waals surface area contributed by atoms with Gasteiger partial charge in [-0.15, -0.1) is 0 Å². The zero-order valence-electron chi connectivity index (χ0n) is 38.6. The lowest BCUT2D eigenvalue weighted by atomic mass is 9.33. The Morgan fingerprint density at radius 2 is 1.32 bits per heavy atom. The molecule has 3 heterocycles. The van der Waals surface area contributed by atoms with Crippen molar-refractivity contribution in [2.45, 2.75) is 198 Å². The predicted molar refractivity (Wildman–Crippen MR) is 226 cm³/mol. The van der Waals surface area contributed by atoms with Gasteiger partial charge in [-0.1, -0.05) is 53.2 Å². The molecular formula is C47H76O18. The first-order chi connectivity index (χ1) is 30.4. The molecule has 0 bridgehead atoms. The van der Waals surface area contributed by atoms with Gasteiger partial charge in [0.1, 0.15) is 67.1 Å². The molecule has 0 spiro atoms. The summed E-state index contributed by atoms with van der Waals surface area (Å²) in [7, 11) is 0. The Balaban J connectivity index is 1.02. The molecule has 0 aromatic carbocycles. The average molecular weight is 929 g/mol. The summed E-state index contributed by atoms with van der Waals surface area (Å²) in [6, 6.07) is 0. The van der Waals surface area contributed by atoms with Crippen molar-refractivity contribution in [3.63, 3.8) is 0 Å². The van der Waals surface area contributed by atoms with Crippen molar-refractivity contribution in [3.8, 4) is 0 Å². The number of esters is 1.